The molecule has 4 aliphatic rings. The van der Waals surface area contributed by atoms with Gasteiger partial charge in [-0.05, 0) is 153 Å². The molecule has 16 aromatic rings. The maximum Gasteiger partial charge on any atom is 0.248 e. The summed E-state index contributed by atoms with van der Waals surface area (Å²) in [6.07, 6.45) is 12.5. The Morgan fingerprint density at radius 1 is 0.462 bits per heavy atom. The van der Waals surface area contributed by atoms with Crippen molar-refractivity contribution in [1.29, 1.82) is 0 Å². The number of alkyl halides is 2. The van der Waals surface area contributed by atoms with Crippen molar-refractivity contribution in [3.05, 3.63) is 267 Å². The van der Waals surface area contributed by atoms with Crippen LogP contribution >= 0.6 is 39.1 Å². The topological polar surface area (TPSA) is 331 Å². The summed E-state index contributed by atoms with van der Waals surface area (Å²) >= 11 is 15.4. The van der Waals surface area contributed by atoms with Gasteiger partial charge in [-0.2, -0.15) is 20.4 Å². The number of nitrogens with zero attached hydrogens (tertiary/aromatic N) is 17. The van der Waals surface area contributed by atoms with Gasteiger partial charge in [-0.15, -0.1) is 0 Å². The molecule has 10 aromatic heterocycles. The first-order chi connectivity index (χ1) is 63.4. The van der Waals surface area contributed by atoms with Gasteiger partial charge in [0.25, 0.3) is 0 Å². The van der Waals surface area contributed by atoms with Crippen LogP contribution in [-0.2, 0) is 54.9 Å². The fourth-order valence-corrected chi connectivity index (χ4v) is 18.5. The third-order valence-corrected chi connectivity index (χ3v) is 25.2. The van der Waals surface area contributed by atoms with E-state index in [1.54, 1.807) is 121 Å². The highest BCUT2D eigenvalue weighted by atomic mass is 79.9. The predicted octanol–water partition coefficient (Wildman–Crippen LogP) is 15.9. The van der Waals surface area contributed by atoms with Gasteiger partial charge in [-0.1, -0.05) is 89.9 Å². The number of aromatic nitrogens is 14. The summed E-state index contributed by atoms with van der Waals surface area (Å²) in [6.45, 7) is 8.80. The van der Waals surface area contributed by atoms with E-state index in [1.165, 1.54) is 54.6 Å². The van der Waals surface area contributed by atoms with E-state index in [9.17, 15) is 56.3 Å². The molecule has 3 aliphatic heterocycles. The molecule has 29 nitrogen and oxygen atoms in total. The van der Waals surface area contributed by atoms with Crippen LogP contribution in [0.15, 0.2) is 206 Å². The first-order valence-electron chi connectivity index (χ1n) is 42.3. The molecular formula is C96H81BrCl2F4N20O9. The smallest absolute Gasteiger partial charge is 0.248 e. The fourth-order valence-electron chi connectivity index (χ4n) is 17.7. The van der Waals surface area contributed by atoms with Crippen molar-refractivity contribution in [1.82, 2.24) is 87.7 Å². The van der Waals surface area contributed by atoms with Gasteiger partial charge < -0.3 is 39.8 Å². The number of hydrogen-bond donors (Lipinski definition) is 3. The number of likely N-dealkylation sites (tertiary alicyclic amines) is 3. The zero-order valence-electron chi connectivity index (χ0n) is 71.6. The monoisotopic (exact) mass is 1880 g/mol. The van der Waals surface area contributed by atoms with Gasteiger partial charge in [0.05, 0.1) is 46.4 Å². The molecule has 6 amide bonds. The van der Waals surface area contributed by atoms with Crippen LogP contribution < -0.4 is 16.0 Å². The number of aryl methyl sites for hydroxylation is 3. The second kappa shape index (κ2) is 36.1. The summed E-state index contributed by atoms with van der Waals surface area (Å²) in [4.78, 5) is 140. The van der Waals surface area contributed by atoms with E-state index in [0.717, 1.165) is 84.0 Å². The van der Waals surface area contributed by atoms with Crippen LogP contribution in [0, 0.1) is 38.3 Å². The molecule has 1 saturated carbocycles. The highest BCUT2D eigenvalue weighted by Crippen LogP contribution is 2.49. The van der Waals surface area contributed by atoms with Crippen molar-refractivity contribution < 1.29 is 60.7 Å². The minimum atomic E-state index is -1.46. The molecule has 4 fully saturated rings. The minimum Gasteiger partial charge on any atom is -0.350 e. The number of halogens is 7. The summed E-state index contributed by atoms with van der Waals surface area (Å²) in [5.41, 5.74) is 13.4. The van der Waals surface area contributed by atoms with Gasteiger partial charge in [0, 0.05) is 177 Å². The Morgan fingerprint density at radius 3 is 1.50 bits per heavy atom. The summed E-state index contributed by atoms with van der Waals surface area (Å²) in [7, 11) is 0. The molecule has 13 heterocycles. The molecule has 1 aliphatic carbocycles. The molecule has 6 aromatic carbocycles. The molecular weight excluding hydrogens is 1800 g/mol. The lowest BCUT2D eigenvalue weighted by molar-refractivity contribution is -0.139. The zero-order valence-corrected chi connectivity index (χ0v) is 74.7. The largest absolute Gasteiger partial charge is 0.350 e. The van der Waals surface area contributed by atoms with E-state index in [4.69, 9.17) is 23.2 Å². The summed E-state index contributed by atoms with van der Waals surface area (Å²) in [5, 5.41) is 27.9. The molecule has 3 N–H and O–H groups in total. The van der Waals surface area contributed by atoms with Crippen LogP contribution in [0.25, 0.3) is 94.2 Å². The van der Waals surface area contributed by atoms with Gasteiger partial charge in [-0.3, -0.25) is 47.8 Å². The van der Waals surface area contributed by atoms with E-state index in [0.29, 0.717) is 71.9 Å². The number of ketones is 3. The molecule has 0 spiro atoms. The molecule has 3 saturated heterocycles. The Hall–Kier alpha value is -14.5. The third kappa shape index (κ3) is 17.8. The van der Waals surface area contributed by atoms with Gasteiger partial charge in [0.15, 0.2) is 40.1 Å². The molecule has 0 bridgehead atoms. The Kier molecular flexibility index (Phi) is 24.1. The number of piperidine rings is 1. The van der Waals surface area contributed by atoms with E-state index in [2.05, 4.69) is 72.2 Å². The lowest BCUT2D eigenvalue weighted by atomic mass is 10.0. The van der Waals surface area contributed by atoms with Crippen molar-refractivity contribution in [3.8, 4) is 44.5 Å². The number of carbonyl (C=O) groups is 9. The van der Waals surface area contributed by atoms with E-state index in [-0.39, 0.29) is 115 Å². The second-order valence-corrected chi connectivity index (χ2v) is 34.9. The second-order valence-electron chi connectivity index (χ2n) is 33.3. The van der Waals surface area contributed by atoms with E-state index < -0.39 is 65.7 Å². The third-order valence-electron chi connectivity index (χ3n) is 24.1. The van der Waals surface area contributed by atoms with Crippen LogP contribution in [0.3, 0.4) is 0 Å². The molecule has 0 unspecified atom stereocenters. The first-order valence-corrected chi connectivity index (χ1v) is 43.9. The van der Waals surface area contributed by atoms with Crippen LogP contribution in [0.4, 0.5) is 29.1 Å². The number of fused-ring (bicyclic) bond motifs is 7. The number of pyridine rings is 1. The average Bonchev–Trinajstić information content (AvgIpc) is 1.60. The van der Waals surface area contributed by atoms with Gasteiger partial charge >= 0.3 is 0 Å². The van der Waals surface area contributed by atoms with Crippen molar-refractivity contribution in [2.45, 2.75) is 130 Å². The lowest BCUT2D eigenvalue weighted by Gasteiger charge is -2.27. The predicted molar refractivity (Wildman–Crippen MR) is 490 cm³/mol. The fraction of sp³-hybridized carbons (Fsp3) is 0.240. The Balaban J connectivity index is 0.000000133. The van der Waals surface area contributed by atoms with Crippen LogP contribution in [-0.4, -0.2) is 185 Å². The number of Topliss-reactive ketones (excluding diaryl/α,β-unsaturated/α-hetero) is 3. The number of hydrogen-bond acceptors (Lipinski definition) is 17. The van der Waals surface area contributed by atoms with Crippen molar-refractivity contribution in [2.24, 2.45) is 5.92 Å². The highest BCUT2D eigenvalue weighted by Gasteiger charge is 2.56. The minimum absolute atomic E-state index is 0.0331. The number of carbonyl (C=O) groups excluding carboxylic acids is 9. The maximum atomic E-state index is 15.6. The molecule has 132 heavy (non-hydrogen) atoms. The van der Waals surface area contributed by atoms with E-state index in [1.807, 2.05) is 105 Å². The number of benzene rings is 6. The summed E-state index contributed by atoms with van der Waals surface area (Å²) in [5.74, 6) is -3.89. The number of amides is 6. The molecule has 668 valence electrons. The summed E-state index contributed by atoms with van der Waals surface area (Å²) in [6, 6.07) is 40.6. The van der Waals surface area contributed by atoms with E-state index >= 15 is 4.39 Å². The Bertz CT molecular complexity index is 7450. The summed E-state index contributed by atoms with van der Waals surface area (Å²) < 4.78 is 69.7. The van der Waals surface area contributed by atoms with Gasteiger partial charge in [0.1, 0.15) is 72.0 Å². The normalized spacial score (nSPS) is 17.4. The molecule has 20 rings (SSSR count). The van der Waals surface area contributed by atoms with Crippen LogP contribution in [0.5, 0.6) is 0 Å². The van der Waals surface area contributed by atoms with Crippen molar-refractivity contribution in [3.63, 3.8) is 0 Å². The maximum absolute atomic E-state index is 15.6. The van der Waals surface area contributed by atoms with Crippen molar-refractivity contribution in [2.75, 3.05) is 23.7 Å². The average molecular weight is 1890 g/mol. The molecule has 7 atom stereocenters. The Morgan fingerprint density at radius 2 is 0.955 bits per heavy atom. The van der Waals surface area contributed by atoms with Gasteiger partial charge in [0.2, 0.25) is 35.4 Å². The van der Waals surface area contributed by atoms with Crippen LogP contribution in [0.2, 0.25) is 10.0 Å². The Labute approximate surface area is 767 Å². The molecule has 36 heteroatoms. The molecule has 0 radical (unpaired) electrons. The number of anilines is 2. The van der Waals surface area contributed by atoms with Crippen LogP contribution in [0.1, 0.15) is 100 Å². The highest BCUT2D eigenvalue weighted by molar-refractivity contribution is 9.10. The number of rotatable bonds is 20. The number of nitrogens with one attached hydrogen (secondary N) is 3. The van der Waals surface area contributed by atoms with Crippen molar-refractivity contribution >= 4 is 153 Å². The first kappa shape index (κ1) is 88.1. The SMILES string of the molecule is CC(=O)c1cn(CC(=O)N2C[C@H](F)C[C@H]2C(=O)NCc2cccc(Cl)c2F)c2ccc(-c3cnc4cc(C)nn4c3)cc12.CC(=O)c1cn(CC(=O)N2[C@@H]3C[C@@H]3C[C@H]2C(=O)Nc2cccc(Br)n2)c2ccc(-c3cnc4cc(C)nn4c3)cc12.CC(=O)c1nn(CC(=O)N2C[C@H](F)C[C@H]2C(=O)Nc2cccc(-c3ccccc3Cl)c2F)c2ccc(-c3cnc4cc(C)nn4c3)cc12. The quantitative estimate of drug-likeness (QED) is 0.0362. The zero-order chi connectivity index (χ0) is 92.5. The van der Waals surface area contributed by atoms with Gasteiger partial charge in [-0.25, -0.2) is 51.0 Å². The standard InChI is InChI=1S/C35H28ClF2N7O3.C31H27ClF2N6O3.C30H26BrN7O3/c1-19-12-31-39-15-22(16-45(31)41-19)21-10-11-29-26(13-21)34(20(2)46)42-44(29)18-32(47)43-17-23(37)14-30(43)35(48)40-28-9-5-7-25(33(28)38)24-6-3-4-8-27(24)36;1-17-8-28-35-12-21(13-40(28)37-17)19-6-7-26-23(9-19)24(18(2)41)15-38(26)16-29(42)39-14-22(33)10-27(39)31(43)36-11-20-4-3-5-25(32)30(20)34;1-16-8-28-32-12-20(13-37(28)35-16)18-6-7-23-21(9-18)22(17(2)39)14-36(23)15-29(40)38-24-10-19(24)11-25(38)30(41)34-27-5-3-4-26(31)33-27/h3-13,15-16,23,30H,14,17-18H2,1-2H3,(H,40,48);3-9,12-13,15,22,27H,10-11,14,16H2,1-2H3,(H,36,43);3-9,12-14,19,24-25H,10-11,15H2,1-2H3,(H,33,34,41)/t23-,30+;22-,27+;19-,24-,25+/m111/s1. The lowest BCUT2D eigenvalue weighted by Crippen LogP contribution is -2.46.